The highest BCUT2D eigenvalue weighted by molar-refractivity contribution is 6.16. The number of carbonyl (C=O) groups excluding carboxylic acids is 2. The van der Waals surface area contributed by atoms with Gasteiger partial charge in [-0.15, -0.1) is 26.3 Å². The van der Waals surface area contributed by atoms with Crippen LogP contribution in [0.2, 0.25) is 0 Å². The fourth-order valence-electron chi connectivity index (χ4n) is 2.66. The molecule has 1 aliphatic rings. The largest absolute Gasteiger partial charge is 0.573 e. The monoisotopic (exact) mass is 448 g/mol. The maximum absolute atomic E-state index is 12.5. The van der Waals surface area contributed by atoms with E-state index in [1.54, 1.807) is 0 Å². The lowest BCUT2D eigenvalue weighted by molar-refractivity contribution is -0.275. The van der Waals surface area contributed by atoms with Crippen LogP contribution in [0.3, 0.4) is 0 Å². The van der Waals surface area contributed by atoms with E-state index in [1.165, 1.54) is 24.3 Å². The molecule has 1 saturated carbocycles. The summed E-state index contributed by atoms with van der Waals surface area (Å²) in [5.74, 6) is -2.26. The van der Waals surface area contributed by atoms with Crippen molar-refractivity contribution in [1.82, 2.24) is 0 Å². The molecule has 2 aromatic carbocycles. The molecule has 0 unspecified atom stereocenters. The van der Waals surface area contributed by atoms with Crippen molar-refractivity contribution in [1.29, 1.82) is 0 Å². The summed E-state index contributed by atoms with van der Waals surface area (Å²) in [6, 6.07) is 8.78. The number of alkyl halides is 6. The Morgan fingerprint density at radius 1 is 0.677 bits per heavy atom. The Labute approximate surface area is 171 Å². The molecule has 1 fully saturated rings. The number of ether oxygens (including phenoxy) is 2. The Balaban J connectivity index is 1.60. The highest BCUT2D eigenvalue weighted by Crippen LogP contribution is 2.47. The maximum Gasteiger partial charge on any atom is 0.573 e. The van der Waals surface area contributed by atoms with Crippen LogP contribution in [0, 0.1) is 5.41 Å². The third kappa shape index (κ3) is 6.03. The molecule has 0 aliphatic heterocycles. The maximum atomic E-state index is 12.5. The van der Waals surface area contributed by atoms with Gasteiger partial charge >= 0.3 is 12.7 Å². The summed E-state index contributed by atoms with van der Waals surface area (Å²) in [6.45, 7) is 0. The molecule has 0 spiro atoms. The van der Waals surface area contributed by atoms with Crippen LogP contribution in [-0.4, -0.2) is 24.5 Å². The van der Waals surface area contributed by atoms with Crippen molar-refractivity contribution in [2.24, 2.45) is 5.41 Å². The van der Waals surface area contributed by atoms with Crippen molar-refractivity contribution in [2.75, 3.05) is 10.6 Å². The van der Waals surface area contributed by atoms with E-state index in [1.807, 2.05) is 0 Å². The quantitative estimate of drug-likeness (QED) is 0.490. The number of rotatable bonds is 6. The molecule has 0 bridgehead atoms. The van der Waals surface area contributed by atoms with Crippen molar-refractivity contribution in [3.63, 3.8) is 0 Å². The molecule has 0 radical (unpaired) electrons. The fraction of sp³-hybridized carbons (Fsp3) is 0.263. The number of carbonyl (C=O) groups is 2. The van der Waals surface area contributed by atoms with E-state index in [-0.39, 0.29) is 24.2 Å². The van der Waals surface area contributed by atoms with Crippen LogP contribution in [-0.2, 0) is 9.59 Å². The minimum Gasteiger partial charge on any atom is -0.406 e. The van der Waals surface area contributed by atoms with Gasteiger partial charge in [-0.25, -0.2) is 0 Å². The number of anilines is 2. The zero-order chi connectivity index (χ0) is 22.9. The van der Waals surface area contributed by atoms with Crippen LogP contribution in [0.5, 0.6) is 11.5 Å². The first-order valence-corrected chi connectivity index (χ1v) is 8.71. The molecule has 3 rings (SSSR count). The van der Waals surface area contributed by atoms with E-state index in [0.29, 0.717) is 0 Å². The lowest BCUT2D eigenvalue weighted by Gasteiger charge is -2.16. The molecule has 166 valence electrons. The topological polar surface area (TPSA) is 76.7 Å². The molecule has 6 nitrogen and oxygen atoms in total. The van der Waals surface area contributed by atoms with Gasteiger partial charge in [0.1, 0.15) is 16.9 Å². The molecular weight excluding hydrogens is 434 g/mol. The van der Waals surface area contributed by atoms with Crippen molar-refractivity contribution in [3.05, 3.63) is 48.5 Å². The first kappa shape index (κ1) is 22.2. The van der Waals surface area contributed by atoms with Gasteiger partial charge in [-0.1, -0.05) is 0 Å². The van der Waals surface area contributed by atoms with Gasteiger partial charge in [-0.05, 0) is 61.4 Å². The second-order valence-corrected chi connectivity index (χ2v) is 6.63. The summed E-state index contributed by atoms with van der Waals surface area (Å²) >= 11 is 0. The Morgan fingerprint density at radius 3 is 1.26 bits per heavy atom. The van der Waals surface area contributed by atoms with E-state index < -0.39 is 41.5 Å². The lowest BCUT2D eigenvalue weighted by Crippen LogP contribution is -2.35. The van der Waals surface area contributed by atoms with Crippen molar-refractivity contribution >= 4 is 23.2 Å². The summed E-state index contributed by atoms with van der Waals surface area (Å²) in [7, 11) is 0. The van der Waals surface area contributed by atoms with Crippen LogP contribution in [0.25, 0.3) is 0 Å². The first-order valence-electron chi connectivity index (χ1n) is 8.71. The smallest absolute Gasteiger partial charge is 0.406 e. The summed E-state index contributed by atoms with van der Waals surface area (Å²) in [4.78, 5) is 25.0. The molecule has 31 heavy (non-hydrogen) atoms. The SMILES string of the molecule is O=C(Nc1ccc(OC(F)(F)F)cc1)C1(C(=O)Nc2ccc(OC(F)(F)F)cc2)CC1. The molecule has 1 aliphatic carbocycles. The summed E-state index contributed by atoms with van der Waals surface area (Å²) < 4.78 is 80.6. The molecule has 2 N–H and O–H groups in total. The molecule has 0 aromatic heterocycles. The van der Waals surface area contributed by atoms with E-state index in [2.05, 4.69) is 20.1 Å². The molecule has 0 saturated heterocycles. The number of nitrogens with one attached hydrogen (secondary N) is 2. The molecular formula is C19H14F6N2O4. The van der Waals surface area contributed by atoms with Gasteiger partial charge in [0.2, 0.25) is 11.8 Å². The second kappa shape index (κ2) is 8.00. The van der Waals surface area contributed by atoms with Crippen LogP contribution >= 0.6 is 0 Å². The van der Waals surface area contributed by atoms with Gasteiger partial charge in [0.25, 0.3) is 0 Å². The molecule has 2 amide bonds. The predicted molar refractivity (Wildman–Crippen MR) is 95.2 cm³/mol. The Morgan fingerprint density at radius 2 is 1.00 bits per heavy atom. The van der Waals surface area contributed by atoms with Crippen molar-refractivity contribution in [2.45, 2.75) is 25.6 Å². The highest BCUT2D eigenvalue weighted by Gasteiger charge is 2.56. The average molecular weight is 448 g/mol. The second-order valence-electron chi connectivity index (χ2n) is 6.63. The zero-order valence-electron chi connectivity index (χ0n) is 15.4. The average Bonchev–Trinajstić information content (AvgIpc) is 3.45. The standard InChI is InChI=1S/C19H14F6N2O4/c20-18(21,22)30-13-5-1-11(2-6-13)26-15(28)17(9-10-17)16(29)27-12-3-7-14(8-4-12)31-19(23,24)25/h1-8H,9-10H2,(H,26,28)(H,27,29). The van der Waals surface area contributed by atoms with E-state index in [9.17, 15) is 35.9 Å². The lowest BCUT2D eigenvalue weighted by atomic mass is 10.0. The third-order valence-corrected chi connectivity index (χ3v) is 4.31. The minimum absolute atomic E-state index is 0.159. The van der Waals surface area contributed by atoms with Crippen LogP contribution in [0.1, 0.15) is 12.8 Å². The van der Waals surface area contributed by atoms with Crippen molar-refractivity contribution in [3.8, 4) is 11.5 Å². The Kier molecular flexibility index (Phi) is 5.74. The Hall–Kier alpha value is -3.44. The first-order chi connectivity index (χ1) is 14.4. The zero-order valence-corrected chi connectivity index (χ0v) is 15.4. The number of amides is 2. The van der Waals surface area contributed by atoms with E-state index in [0.717, 1.165) is 24.3 Å². The molecule has 0 atom stereocenters. The van der Waals surface area contributed by atoms with Gasteiger partial charge in [0.05, 0.1) is 0 Å². The molecule has 12 heteroatoms. The van der Waals surface area contributed by atoms with Gasteiger partial charge in [0, 0.05) is 11.4 Å². The number of hydrogen-bond acceptors (Lipinski definition) is 4. The van der Waals surface area contributed by atoms with Gasteiger partial charge < -0.3 is 20.1 Å². The molecule has 2 aromatic rings. The normalized spacial score (nSPS) is 15.0. The summed E-state index contributed by atoms with van der Waals surface area (Å²) in [5.41, 5.74) is -1.07. The Bertz CT molecular complexity index is 876. The van der Waals surface area contributed by atoms with Crippen LogP contribution < -0.4 is 20.1 Å². The third-order valence-electron chi connectivity index (χ3n) is 4.31. The predicted octanol–water partition coefficient (Wildman–Crippen LogP) is 4.84. The van der Waals surface area contributed by atoms with Gasteiger partial charge in [-0.2, -0.15) is 0 Å². The molecule has 0 heterocycles. The number of hydrogen-bond donors (Lipinski definition) is 2. The van der Waals surface area contributed by atoms with Gasteiger partial charge in [0.15, 0.2) is 0 Å². The van der Waals surface area contributed by atoms with Crippen LogP contribution in [0.4, 0.5) is 37.7 Å². The number of halogens is 6. The van der Waals surface area contributed by atoms with Crippen LogP contribution in [0.15, 0.2) is 48.5 Å². The van der Waals surface area contributed by atoms with E-state index >= 15 is 0 Å². The fourth-order valence-corrected chi connectivity index (χ4v) is 2.66. The summed E-state index contributed by atoms with van der Waals surface area (Å²) in [5, 5.41) is 4.91. The van der Waals surface area contributed by atoms with E-state index in [4.69, 9.17) is 0 Å². The number of benzene rings is 2. The summed E-state index contributed by atoms with van der Waals surface area (Å²) in [6.07, 6.45) is -9.24. The van der Waals surface area contributed by atoms with Crippen molar-refractivity contribution < 1.29 is 45.4 Å². The minimum atomic E-state index is -4.85. The highest BCUT2D eigenvalue weighted by atomic mass is 19.4. The van der Waals surface area contributed by atoms with Gasteiger partial charge in [-0.3, -0.25) is 9.59 Å².